The molecule has 210 valence electrons. The zero-order chi connectivity index (χ0) is 29.5. The Morgan fingerprint density at radius 2 is 1.69 bits per heavy atom. The normalized spacial score (nSPS) is 11.0. The number of aromatic nitrogens is 1. The van der Waals surface area contributed by atoms with E-state index in [4.69, 9.17) is 19.6 Å². The maximum atomic E-state index is 13.3. The van der Waals surface area contributed by atoms with Crippen LogP contribution in [0.3, 0.4) is 0 Å². The summed E-state index contributed by atoms with van der Waals surface area (Å²) in [6.07, 6.45) is 1.55. The maximum absolute atomic E-state index is 13.3. The van der Waals surface area contributed by atoms with Crippen LogP contribution < -0.4 is 14.9 Å². The molecule has 0 aliphatic heterocycles. The molecular weight excluding hydrogens is 645 g/mol. The molecule has 5 aromatic rings. The molecule has 1 heterocycles. The van der Waals surface area contributed by atoms with Crippen LogP contribution in [0.2, 0.25) is 0 Å². The van der Waals surface area contributed by atoms with Gasteiger partial charge in [0.15, 0.2) is 11.5 Å². The van der Waals surface area contributed by atoms with Gasteiger partial charge in [-0.15, -0.1) is 0 Å². The second-order valence-electron chi connectivity index (χ2n) is 9.19. The predicted molar refractivity (Wildman–Crippen MR) is 170 cm³/mol. The van der Waals surface area contributed by atoms with Gasteiger partial charge in [-0.05, 0) is 77.0 Å². The number of para-hydroxylation sites is 1. The average molecular weight is 671 g/mol. The Kier molecular flexibility index (Phi) is 9.08. The van der Waals surface area contributed by atoms with Crippen LogP contribution in [-0.2, 0) is 6.61 Å². The SMILES string of the molecule is CCOc1cc(/C=N/NC(=O)c2cc(-c3ccccc3)nc3ccccc23)cc(I)c1OCc1ccc(C(=O)O)cc1. The van der Waals surface area contributed by atoms with Gasteiger partial charge in [-0.2, -0.15) is 5.10 Å². The molecule has 0 spiro atoms. The highest BCUT2D eigenvalue weighted by Gasteiger charge is 2.15. The van der Waals surface area contributed by atoms with Gasteiger partial charge >= 0.3 is 5.97 Å². The Morgan fingerprint density at radius 1 is 0.952 bits per heavy atom. The highest BCUT2D eigenvalue weighted by molar-refractivity contribution is 14.1. The lowest BCUT2D eigenvalue weighted by Crippen LogP contribution is -2.18. The van der Waals surface area contributed by atoms with Crippen molar-refractivity contribution in [1.82, 2.24) is 10.4 Å². The fourth-order valence-electron chi connectivity index (χ4n) is 4.31. The van der Waals surface area contributed by atoms with E-state index in [-0.39, 0.29) is 18.1 Å². The van der Waals surface area contributed by atoms with E-state index < -0.39 is 5.97 Å². The van der Waals surface area contributed by atoms with E-state index in [1.165, 1.54) is 0 Å². The molecular formula is C33H26IN3O5. The number of carbonyl (C=O) groups is 2. The van der Waals surface area contributed by atoms with Gasteiger partial charge in [-0.1, -0.05) is 60.7 Å². The molecule has 42 heavy (non-hydrogen) atoms. The van der Waals surface area contributed by atoms with Crippen LogP contribution in [0.1, 0.15) is 38.8 Å². The number of hydrogen-bond acceptors (Lipinski definition) is 6. The number of carbonyl (C=O) groups excluding carboxylic acids is 1. The number of hydrogen-bond donors (Lipinski definition) is 2. The molecule has 0 unspecified atom stereocenters. The number of aromatic carboxylic acids is 1. The minimum Gasteiger partial charge on any atom is -0.490 e. The monoisotopic (exact) mass is 671 g/mol. The Labute approximate surface area is 256 Å². The van der Waals surface area contributed by atoms with Gasteiger partial charge in [-0.3, -0.25) is 4.79 Å². The lowest BCUT2D eigenvalue weighted by Gasteiger charge is -2.15. The average Bonchev–Trinajstić information content (AvgIpc) is 3.01. The highest BCUT2D eigenvalue weighted by atomic mass is 127. The first-order valence-corrected chi connectivity index (χ1v) is 14.2. The van der Waals surface area contributed by atoms with Crippen molar-refractivity contribution in [2.24, 2.45) is 5.10 Å². The van der Waals surface area contributed by atoms with Crippen molar-refractivity contribution in [1.29, 1.82) is 0 Å². The molecule has 0 saturated carbocycles. The van der Waals surface area contributed by atoms with Crippen molar-refractivity contribution >= 4 is 51.6 Å². The number of nitrogens with zero attached hydrogens (tertiary/aromatic N) is 2. The summed E-state index contributed by atoms with van der Waals surface area (Å²) in [6, 6.07) is 29.2. The van der Waals surface area contributed by atoms with Crippen molar-refractivity contribution in [2.75, 3.05) is 6.61 Å². The predicted octanol–water partition coefficient (Wildman–Crippen LogP) is 6.95. The standard InChI is InChI=1S/C33H26IN3O5/c1-2-41-30-17-22(16-27(34)31(30)42-20-21-12-14-24(15-13-21)33(39)40)19-35-37-32(38)26-18-29(23-8-4-3-5-9-23)36-28-11-7-6-10-25(26)28/h3-19H,2,20H2,1H3,(H,37,38)(H,39,40)/b35-19+. The number of nitrogens with one attached hydrogen (secondary N) is 1. The molecule has 0 atom stereocenters. The number of rotatable bonds is 10. The van der Waals surface area contributed by atoms with Gasteiger partial charge in [0.25, 0.3) is 5.91 Å². The molecule has 2 N–H and O–H groups in total. The summed E-state index contributed by atoms with van der Waals surface area (Å²) < 4.78 is 12.7. The first-order valence-electron chi connectivity index (χ1n) is 13.1. The summed E-state index contributed by atoms with van der Waals surface area (Å²) >= 11 is 2.16. The molecule has 9 heteroatoms. The first-order chi connectivity index (χ1) is 20.4. The summed E-state index contributed by atoms with van der Waals surface area (Å²) in [4.78, 5) is 29.1. The lowest BCUT2D eigenvalue weighted by atomic mass is 10.0. The molecule has 0 saturated heterocycles. The Morgan fingerprint density at radius 3 is 2.43 bits per heavy atom. The van der Waals surface area contributed by atoms with Crippen LogP contribution in [-0.4, -0.2) is 34.8 Å². The van der Waals surface area contributed by atoms with Gasteiger partial charge in [0, 0.05) is 10.9 Å². The van der Waals surface area contributed by atoms with Crippen LogP contribution in [0.5, 0.6) is 11.5 Å². The van der Waals surface area contributed by atoms with Gasteiger partial charge in [0.05, 0.1) is 38.7 Å². The summed E-state index contributed by atoms with van der Waals surface area (Å²) in [7, 11) is 0. The van der Waals surface area contributed by atoms with Gasteiger partial charge in [0.1, 0.15) is 6.61 Å². The Bertz CT molecular complexity index is 1770. The minimum atomic E-state index is -0.977. The zero-order valence-electron chi connectivity index (χ0n) is 22.6. The van der Waals surface area contributed by atoms with Crippen molar-refractivity contribution in [3.63, 3.8) is 0 Å². The number of carboxylic acid groups (broad SMARTS) is 1. The molecule has 0 fully saturated rings. The molecule has 1 aromatic heterocycles. The molecule has 5 rings (SSSR count). The Balaban J connectivity index is 1.34. The molecule has 0 aliphatic rings. The molecule has 1 amide bonds. The van der Waals surface area contributed by atoms with Crippen LogP contribution in [0, 0.1) is 3.57 Å². The summed E-state index contributed by atoms with van der Waals surface area (Å²) in [5.41, 5.74) is 7.21. The van der Waals surface area contributed by atoms with Crippen molar-refractivity contribution in [2.45, 2.75) is 13.5 Å². The van der Waals surface area contributed by atoms with E-state index in [0.717, 1.165) is 25.6 Å². The third-order valence-electron chi connectivity index (χ3n) is 6.33. The molecule has 8 nitrogen and oxygen atoms in total. The van der Waals surface area contributed by atoms with E-state index in [1.54, 1.807) is 42.6 Å². The zero-order valence-corrected chi connectivity index (χ0v) is 24.7. The van der Waals surface area contributed by atoms with Crippen LogP contribution in [0.25, 0.3) is 22.2 Å². The fourth-order valence-corrected chi connectivity index (χ4v) is 5.09. The van der Waals surface area contributed by atoms with Crippen LogP contribution >= 0.6 is 22.6 Å². The highest BCUT2D eigenvalue weighted by Crippen LogP contribution is 2.34. The summed E-state index contributed by atoms with van der Waals surface area (Å²) in [6.45, 7) is 2.55. The van der Waals surface area contributed by atoms with Crippen LogP contribution in [0.15, 0.2) is 102 Å². The Hall–Kier alpha value is -4.77. The van der Waals surface area contributed by atoms with Crippen molar-refractivity contribution in [3.05, 3.63) is 123 Å². The number of benzene rings is 4. The smallest absolute Gasteiger partial charge is 0.335 e. The first kappa shape index (κ1) is 28.7. The van der Waals surface area contributed by atoms with Crippen LogP contribution in [0.4, 0.5) is 0 Å². The molecule has 4 aromatic carbocycles. The largest absolute Gasteiger partial charge is 0.490 e. The van der Waals surface area contributed by atoms with Gasteiger partial charge in [0.2, 0.25) is 0 Å². The number of halogens is 1. The third kappa shape index (κ3) is 6.74. The molecule has 0 aliphatic carbocycles. The fraction of sp³-hybridized carbons (Fsp3) is 0.0909. The quantitative estimate of drug-likeness (QED) is 0.0946. The lowest BCUT2D eigenvalue weighted by molar-refractivity contribution is 0.0696. The minimum absolute atomic E-state index is 0.216. The number of fused-ring (bicyclic) bond motifs is 1. The van der Waals surface area contributed by atoms with E-state index in [0.29, 0.717) is 34.9 Å². The number of ether oxygens (including phenoxy) is 2. The van der Waals surface area contributed by atoms with Crippen molar-refractivity contribution in [3.8, 4) is 22.8 Å². The van der Waals surface area contributed by atoms with E-state index in [9.17, 15) is 9.59 Å². The molecule has 0 radical (unpaired) electrons. The maximum Gasteiger partial charge on any atom is 0.335 e. The van der Waals surface area contributed by atoms with Gasteiger partial charge < -0.3 is 14.6 Å². The summed E-state index contributed by atoms with van der Waals surface area (Å²) in [5, 5.41) is 14.1. The van der Waals surface area contributed by atoms with E-state index in [1.807, 2.05) is 67.6 Å². The topological polar surface area (TPSA) is 110 Å². The van der Waals surface area contributed by atoms with Gasteiger partial charge in [-0.25, -0.2) is 15.2 Å². The third-order valence-corrected chi connectivity index (χ3v) is 7.13. The number of carboxylic acids is 1. The number of pyridine rings is 1. The molecule has 0 bridgehead atoms. The van der Waals surface area contributed by atoms with Crippen molar-refractivity contribution < 1.29 is 24.2 Å². The second-order valence-corrected chi connectivity index (χ2v) is 10.4. The van der Waals surface area contributed by atoms with E-state index in [2.05, 4.69) is 33.1 Å². The number of amides is 1. The van der Waals surface area contributed by atoms with E-state index >= 15 is 0 Å². The summed E-state index contributed by atoms with van der Waals surface area (Å²) in [5.74, 6) is -0.226. The number of hydrazone groups is 1. The second kappa shape index (κ2) is 13.3.